The number of benzene rings is 1. The second-order valence-corrected chi connectivity index (χ2v) is 11.9. The van der Waals surface area contributed by atoms with E-state index in [1.54, 1.807) is 25.1 Å². The summed E-state index contributed by atoms with van der Waals surface area (Å²) in [5, 5.41) is 16.6. The summed E-state index contributed by atoms with van der Waals surface area (Å²) in [5.74, 6) is -4.23. The molecule has 1 fully saturated rings. The molecule has 11 nitrogen and oxygen atoms in total. The Morgan fingerprint density at radius 2 is 1.92 bits per heavy atom. The summed E-state index contributed by atoms with van der Waals surface area (Å²) in [6, 6.07) is 7.48. The van der Waals surface area contributed by atoms with Gasteiger partial charge < -0.3 is 24.8 Å². The van der Waals surface area contributed by atoms with Crippen molar-refractivity contribution in [2.45, 2.75) is 45.3 Å². The highest BCUT2D eigenvalue weighted by Crippen LogP contribution is 2.37. The van der Waals surface area contributed by atoms with Gasteiger partial charge in [0, 0.05) is 75.2 Å². The number of aliphatic hydroxyl groups excluding tert-OH is 1. The lowest BCUT2D eigenvalue weighted by Crippen LogP contribution is -2.50. The van der Waals surface area contributed by atoms with Gasteiger partial charge >= 0.3 is 12.7 Å². The van der Waals surface area contributed by atoms with Crippen LogP contribution in [0, 0.1) is 6.92 Å². The number of hydrogen-bond acceptors (Lipinski definition) is 8. The molecule has 0 saturated carbocycles. The molecule has 3 heterocycles. The quantitative estimate of drug-likeness (QED) is 0.290. The molecule has 2 aromatic heterocycles. The van der Waals surface area contributed by atoms with Crippen molar-refractivity contribution in [1.29, 1.82) is 0 Å². The van der Waals surface area contributed by atoms with E-state index in [1.165, 1.54) is 59.3 Å². The zero-order valence-electron chi connectivity index (χ0n) is 26.6. The fourth-order valence-corrected chi connectivity index (χ4v) is 5.67. The maximum absolute atomic E-state index is 14.2. The van der Waals surface area contributed by atoms with E-state index in [4.69, 9.17) is 9.47 Å². The van der Waals surface area contributed by atoms with E-state index in [0.29, 0.717) is 38.3 Å². The molecule has 0 spiro atoms. The van der Waals surface area contributed by atoms with Crippen molar-refractivity contribution in [2.75, 3.05) is 39.3 Å². The van der Waals surface area contributed by atoms with Gasteiger partial charge in [-0.3, -0.25) is 14.7 Å². The van der Waals surface area contributed by atoms with Crippen LogP contribution in [0.3, 0.4) is 0 Å². The monoisotopic (exact) mass is 672 g/mol. The van der Waals surface area contributed by atoms with Crippen LogP contribution in [-0.4, -0.2) is 99.1 Å². The van der Waals surface area contributed by atoms with Crippen LogP contribution < -0.4 is 14.8 Å². The molecular formula is C33H36F4N6O5. The smallest absolute Gasteiger partial charge is 0.416 e. The minimum atomic E-state index is -3.11. The number of hydrogen-bond donors (Lipinski definition) is 2. The summed E-state index contributed by atoms with van der Waals surface area (Å²) in [5.41, 5.74) is -0.414. The topological polar surface area (TPSA) is 122 Å². The van der Waals surface area contributed by atoms with Crippen LogP contribution in [0.4, 0.5) is 22.4 Å². The van der Waals surface area contributed by atoms with Gasteiger partial charge in [-0.15, -0.1) is 0 Å². The van der Waals surface area contributed by atoms with Crippen LogP contribution in [0.1, 0.15) is 36.3 Å². The number of aryl methyl sites for hydroxylation is 1. The molecule has 3 aromatic rings. The van der Waals surface area contributed by atoms with E-state index >= 15 is 0 Å². The molecule has 48 heavy (non-hydrogen) atoms. The predicted molar refractivity (Wildman–Crippen MR) is 168 cm³/mol. The second kappa shape index (κ2) is 14.2. The minimum Gasteiger partial charge on any atom is -0.434 e. The van der Waals surface area contributed by atoms with E-state index in [0.717, 1.165) is 6.92 Å². The molecule has 256 valence electrons. The zero-order chi connectivity index (χ0) is 34.6. The van der Waals surface area contributed by atoms with Crippen LogP contribution >= 0.6 is 0 Å². The SMILES string of the molecule is Cc1nn(-c2ccc(OC(F)F)c(-c3cccnc3)c2)c(OC(=O)N2CCN(CCO)CC2)c1C(=O)NC1(C)C=CC=C(C(C)(F)F)C1. The van der Waals surface area contributed by atoms with E-state index in [1.807, 2.05) is 4.90 Å². The number of aliphatic hydroxyl groups is 1. The molecule has 1 saturated heterocycles. The van der Waals surface area contributed by atoms with Gasteiger partial charge in [0.15, 0.2) is 0 Å². The van der Waals surface area contributed by atoms with Crippen molar-refractivity contribution in [1.82, 2.24) is 29.9 Å². The highest BCUT2D eigenvalue weighted by molar-refractivity contribution is 5.99. The number of piperazine rings is 1. The third-order valence-corrected chi connectivity index (χ3v) is 8.15. The number of β-amino-alcohol motifs (C(OH)–C–C–N with tert-alkyl or cyclic N) is 1. The standard InChI is InChI=1S/C33H36F4N6O5/c1-21-27(28(45)39-32(2)10-4-7-23(19-32)33(3,36)37)29(48-31(46)42-14-12-41(13-15-42)16-17-44)43(40-21)24-8-9-26(47-30(34)35)25(18-24)22-6-5-11-38-20-22/h4-11,18,20,30,44H,12-17,19H2,1-3H3,(H,39,45). The molecule has 1 aliphatic heterocycles. The van der Waals surface area contributed by atoms with Crippen molar-refractivity contribution in [2.24, 2.45) is 0 Å². The molecule has 15 heteroatoms. The van der Waals surface area contributed by atoms with Gasteiger partial charge in [-0.05, 0) is 38.1 Å². The molecule has 5 rings (SSSR count). The zero-order valence-corrected chi connectivity index (χ0v) is 26.6. The maximum Gasteiger partial charge on any atom is 0.416 e. The maximum atomic E-state index is 14.2. The fraction of sp³-hybridized carbons (Fsp3) is 0.394. The number of rotatable bonds is 10. The Morgan fingerprint density at radius 3 is 2.56 bits per heavy atom. The molecule has 2 amide bonds. The normalized spacial score (nSPS) is 18.5. The lowest BCUT2D eigenvalue weighted by atomic mass is 9.85. The summed E-state index contributed by atoms with van der Waals surface area (Å²) < 4.78 is 66.9. The Balaban J connectivity index is 1.54. The Labute approximate surface area is 274 Å². The first-order valence-corrected chi connectivity index (χ1v) is 15.3. The third-order valence-electron chi connectivity index (χ3n) is 8.15. The number of halogens is 4. The van der Waals surface area contributed by atoms with Gasteiger partial charge in [0.2, 0.25) is 5.88 Å². The van der Waals surface area contributed by atoms with Gasteiger partial charge in [-0.25, -0.2) is 13.6 Å². The number of pyridine rings is 1. The summed E-state index contributed by atoms with van der Waals surface area (Å²) in [6.45, 7) is 2.80. The molecule has 1 aliphatic carbocycles. The number of allylic oxidation sites excluding steroid dienone is 2. The van der Waals surface area contributed by atoms with Crippen LogP contribution in [0.25, 0.3) is 16.8 Å². The Kier molecular flexibility index (Phi) is 10.2. The van der Waals surface area contributed by atoms with Gasteiger partial charge in [-0.1, -0.05) is 24.3 Å². The second-order valence-electron chi connectivity index (χ2n) is 11.9. The first kappa shape index (κ1) is 34.6. The van der Waals surface area contributed by atoms with Gasteiger partial charge in [0.05, 0.1) is 23.5 Å². The number of carbonyl (C=O) groups is 2. The third kappa shape index (κ3) is 7.85. The number of carbonyl (C=O) groups excluding carboxylic acids is 2. The highest BCUT2D eigenvalue weighted by atomic mass is 19.3. The number of amides is 2. The van der Waals surface area contributed by atoms with E-state index in [2.05, 4.69) is 15.4 Å². The average molecular weight is 673 g/mol. The fourth-order valence-electron chi connectivity index (χ4n) is 5.67. The molecule has 1 unspecified atom stereocenters. The summed E-state index contributed by atoms with van der Waals surface area (Å²) in [6.07, 6.45) is 6.41. The molecular weight excluding hydrogens is 636 g/mol. The molecule has 0 radical (unpaired) electrons. The number of alkyl halides is 4. The summed E-state index contributed by atoms with van der Waals surface area (Å²) in [4.78, 5) is 35.0. The summed E-state index contributed by atoms with van der Waals surface area (Å²) in [7, 11) is 0. The molecule has 2 N–H and O–H groups in total. The number of nitrogens with zero attached hydrogens (tertiary/aromatic N) is 5. The van der Waals surface area contributed by atoms with E-state index in [-0.39, 0.29) is 52.7 Å². The van der Waals surface area contributed by atoms with E-state index < -0.39 is 30.1 Å². The number of ether oxygens (including phenoxy) is 2. The molecule has 2 aliphatic rings. The van der Waals surface area contributed by atoms with Crippen LogP contribution in [0.15, 0.2) is 66.5 Å². The van der Waals surface area contributed by atoms with Crippen LogP contribution in [0.5, 0.6) is 11.6 Å². The Bertz CT molecular complexity index is 1700. The molecule has 1 aromatic carbocycles. The molecule has 0 bridgehead atoms. The van der Waals surface area contributed by atoms with E-state index in [9.17, 15) is 32.3 Å². The highest BCUT2D eigenvalue weighted by Gasteiger charge is 2.38. The lowest BCUT2D eigenvalue weighted by Gasteiger charge is -2.34. The van der Waals surface area contributed by atoms with Crippen molar-refractivity contribution in [3.63, 3.8) is 0 Å². The van der Waals surface area contributed by atoms with Gasteiger partial charge in [0.25, 0.3) is 11.8 Å². The lowest BCUT2D eigenvalue weighted by molar-refractivity contribution is -0.0494. The van der Waals surface area contributed by atoms with Crippen molar-refractivity contribution in [3.05, 3.63) is 77.8 Å². The molecule has 1 atom stereocenters. The number of nitrogens with one attached hydrogen (secondary N) is 1. The van der Waals surface area contributed by atoms with Crippen molar-refractivity contribution >= 4 is 12.0 Å². The number of aromatic nitrogens is 3. The predicted octanol–water partition coefficient (Wildman–Crippen LogP) is 4.98. The average Bonchev–Trinajstić information content (AvgIpc) is 3.36. The largest absolute Gasteiger partial charge is 0.434 e. The van der Waals surface area contributed by atoms with Gasteiger partial charge in [-0.2, -0.15) is 18.6 Å². The van der Waals surface area contributed by atoms with Gasteiger partial charge in [0.1, 0.15) is 11.3 Å². The summed E-state index contributed by atoms with van der Waals surface area (Å²) >= 11 is 0. The first-order valence-electron chi connectivity index (χ1n) is 15.3. The Morgan fingerprint density at radius 1 is 1.17 bits per heavy atom. The first-order chi connectivity index (χ1) is 22.8. The van der Waals surface area contributed by atoms with Crippen LogP contribution in [-0.2, 0) is 0 Å². The van der Waals surface area contributed by atoms with Crippen molar-refractivity contribution in [3.8, 4) is 28.4 Å². The minimum absolute atomic E-state index is 0.0230. The van der Waals surface area contributed by atoms with Crippen LogP contribution in [0.2, 0.25) is 0 Å². The van der Waals surface area contributed by atoms with Crippen molar-refractivity contribution < 1.29 is 41.7 Å². The Hall–Kier alpha value is -4.76.